The first-order chi connectivity index (χ1) is 7.42. The molecule has 0 aromatic heterocycles. The van der Waals surface area contributed by atoms with Crippen LogP contribution in [-0.2, 0) is 10.7 Å². The second-order valence-electron chi connectivity index (χ2n) is 3.64. The van der Waals surface area contributed by atoms with Crippen molar-refractivity contribution in [3.63, 3.8) is 0 Å². The molecule has 0 heterocycles. The number of likely N-dealkylation sites (N-methyl/N-ethyl adjacent to an activating group) is 1. The third-order valence-electron chi connectivity index (χ3n) is 2.07. The Labute approximate surface area is 92.3 Å². The molecule has 0 aliphatic heterocycles. The van der Waals surface area contributed by atoms with E-state index in [1.54, 1.807) is 6.07 Å². The monoisotopic (exact) mass is 229 g/mol. The van der Waals surface area contributed by atoms with E-state index < -0.39 is 25.0 Å². The van der Waals surface area contributed by atoms with Gasteiger partial charge in [0.1, 0.15) is 0 Å². The van der Waals surface area contributed by atoms with E-state index in [4.69, 9.17) is 5.11 Å². The third-order valence-corrected chi connectivity index (χ3v) is 2.07. The van der Waals surface area contributed by atoms with Gasteiger partial charge in [-0.25, -0.2) is 0 Å². The minimum Gasteiger partial charge on any atom is -0.480 e. The molecule has 0 unspecified atom stereocenters. The summed E-state index contributed by atoms with van der Waals surface area (Å²) < 4.78 is 27.2. The molecule has 16 heavy (non-hydrogen) atoms. The van der Waals surface area contributed by atoms with Crippen molar-refractivity contribution < 1.29 is 18.7 Å². The van der Waals surface area contributed by atoms with Crippen molar-refractivity contribution in [1.29, 1.82) is 0 Å². The van der Waals surface area contributed by atoms with E-state index in [0.29, 0.717) is 0 Å². The van der Waals surface area contributed by atoms with Crippen LogP contribution in [0.5, 0.6) is 0 Å². The number of benzene rings is 1. The maximum atomic E-state index is 13.6. The predicted octanol–water partition coefficient (Wildman–Crippen LogP) is 1.79. The van der Waals surface area contributed by atoms with E-state index in [9.17, 15) is 13.6 Å². The molecule has 1 aromatic carbocycles. The molecule has 1 aromatic rings. The van der Waals surface area contributed by atoms with Crippen LogP contribution >= 0.6 is 0 Å². The molecule has 0 aliphatic carbocycles. The average molecular weight is 229 g/mol. The first kappa shape index (κ1) is 12.6. The van der Waals surface area contributed by atoms with Crippen LogP contribution in [0.2, 0.25) is 0 Å². The maximum absolute atomic E-state index is 13.6. The number of halogens is 2. The van der Waals surface area contributed by atoms with Gasteiger partial charge < -0.3 is 5.11 Å². The Balaban J connectivity index is 2.68. The van der Waals surface area contributed by atoms with Gasteiger partial charge in [0.05, 0.1) is 13.1 Å². The van der Waals surface area contributed by atoms with Crippen LogP contribution in [0, 0.1) is 0 Å². The molecule has 3 nitrogen and oxygen atoms in total. The Kier molecular flexibility index (Phi) is 3.95. The lowest BCUT2D eigenvalue weighted by atomic mass is 10.1. The van der Waals surface area contributed by atoms with Gasteiger partial charge in [0, 0.05) is 5.56 Å². The number of alkyl halides is 2. The number of hydrogen-bond donors (Lipinski definition) is 1. The predicted molar refractivity (Wildman–Crippen MR) is 55.5 cm³/mol. The fourth-order valence-corrected chi connectivity index (χ4v) is 1.40. The highest BCUT2D eigenvalue weighted by Crippen LogP contribution is 2.28. The van der Waals surface area contributed by atoms with E-state index in [-0.39, 0.29) is 5.56 Å². The number of carboxylic acid groups (broad SMARTS) is 1. The lowest BCUT2D eigenvalue weighted by Crippen LogP contribution is -2.35. The lowest BCUT2D eigenvalue weighted by Gasteiger charge is -2.22. The van der Waals surface area contributed by atoms with Gasteiger partial charge in [-0.05, 0) is 7.05 Å². The van der Waals surface area contributed by atoms with Crippen molar-refractivity contribution in [2.24, 2.45) is 0 Å². The van der Waals surface area contributed by atoms with E-state index in [2.05, 4.69) is 0 Å². The maximum Gasteiger partial charge on any atom is 0.317 e. The Morgan fingerprint density at radius 2 is 1.94 bits per heavy atom. The van der Waals surface area contributed by atoms with Gasteiger partial charge in [-0.1, -0.05) is 30.3 Å². The second-order valence-corrected chi connectivity index (χ2v) is 3.64. The standard InChI is InChI=1S/C11H13F2NO2/c1-14(7-10(15)16)8-11(12,13)9-5-3-2-4-6-9/h2-6H,7-8H2,1H3,(H,15,16). The highest BCUT2D eigenvalue weighted by atomic mass is 19.3. The number of nitrogens with zero attached hydrogens (tertiary/aromatic N) is 1. The number of aliphatic carboxylic acids is 1. The number of rotatable bonds is 5. The molecule has 88 valence electrons. The molecule has 0 fully saturated rings. The van der Waals surface area contributed by atoms with Gasteiger partial charge >= 0.3 is 5.97 Å². The van der Waals surface area contributed by atoms with Gasteiger partial charge in [-0.15, -0.1) is 0 Å². The quantitative estimate of drug-likeness (QED) is 0.836. The molecule has 0 saturated carbocycles. The Morgan fingerprint density at radius 3 is 2.44 bits per heavy atom. The Morgan fingerprint density at radius 1 is 1.38 bits per heavy atom. The summed E-state index contributed by atoms with van der Waals surface area (Å²) in [4.78, 5) is 11.4. The first-order valence-corrected chi connectivity index (χ1v) is 4.75. The molecule has 0 bridgehead atoms. The van der Waals surface area contributed by atoms with Crippen LogP contribution in [0.15, 0.2) is 30.3 Å². The number of carbonyl (C=O) groups is 1. The summed E-state index contributed by atoms with van der Waals surface area (Å²) in [6, 6.07) is 7.37. The highest BCUT2D eigenvalue weighted by molar-refractivity contribution is 5.69. The molecule has 0 spiro atoms. The van der Waals surface area contributed by atoms with Crippen LogP contribution in [0.4, 0.5) is 8.78 Å². The fraction of sp³-hybridized carbons (Fsp3) is 0.364. The van der Waals surface area contributed by atoms with Crippen molar-refractivity contribution in [3.8, 4) is 0 Å². The second kappa shape index (κ2) is 5.03. The van der Waals surface area contributed by atoms with Crippen molar-refractivity contribution in [2.75, 3.05) is 20.1 Å². The SMILES string of the molecule is CN(CC(=O)O)CC(F)(F)c1ccccc1. The van der Waals surface area contributed by atoms with Gasteiger partial charge in [0.15, 0.2) is 0 Å². The zero-order chi connectivity index (χ0) is 12.2. The summed E-state index contributed by atoms with van der Waals surface area (Å²) in [7, 11) is 1.35. The van der Waals surface area contributed by atoms with Gasteiger partial charge in [-0.2, -0.15) is 8.78 Å². The largest absolute Gasteiger partial charge is 0.480 e. The summed E-state index contributed by atoms with van der Waals surface area (Å²) in [5, 5.41) is 8.46. The highest BCUT2D eigenvalue weighted by Gasteiger charge is 2.33. The zero-order valence-corrected chi connectivity index (χ0v) is 8.86. The van der Waals surface area contributed by atoms with Gasteiger partial charge in [-0.3, -0.25) is 9.69 Å². The number of carboxylic acids is 1. The van der Waals surface area contributed by atoms with Crippen LogP contribution in [-0.4, -0.2) is 36.1 Å². The van der Waals surface area contributed by atoms with E-state index in [1.165, 1.54) is 31.3 Å². The molecule has 0 saturated heterocycles. The minimum absolute atomic E-state index is 0.104. The fourth-order valence-electron chi connectivity index (χ4n) is 1.40. The summed E-state index contributed by atoms with van der Waals surface area (Å²) >= 11 is 0. The van der Waals surface area contributed by atoms with Crippen LogP contribution < -0.4 is 0 Å². The third kappa shape index (κ3) is 3.58. The topological polar surface area (TPSA) is 40.5 Å². The molecule has 0 atom stereocenters. The van der Waals surface area contributed by atoms with Crippen molar-refractivity contribution in [1.82, 2.24) is 4.90 Å². The summed E-state index contributed by atoms with van der Waals surface area (Å²) in [6.45, 7) is -1.01. The first-order valence-electron chi connectivity index (χ1n) is 4.75. The molecule has 1 N–H and O–H groups in total. The van der Waals surface area contributed by atoms with E-state index >= 15 is 0 Å². The smallest absolute Gasteiger partial charge is 0.317 e. The van der Waals surface area contributed by atoms with Crippen LogP contribution in [0.25, 0.3) is 0 Å². The van der Waals surface area contributed by atoms with Crippen molar-refractivity contribution in [2.45, 2.75) is 5.92 Å². The van der Waals surface area contributed by atoms with Gasteiger partial charge in [0.2, 0.25) is 0 Å². The molecule has 5 heteroatoms. The molecular weight excluding hydrogens is 216 g/mol. The molecular formula is C11H13F2NO2. The van der Waals surface area contributed by atoms with E-state index in [0.717, 1.165) is 4.90 Å². The Hall–Kier alpha value is -1.49. The molecule has 0 aliphatic rings. The molecule has 1 rings (SSSR count). The normalized spacial score (nSPS) is 11.8. The van der Waals surface area contributed by atoms with Crippen molar-refractivity contribution >= 4 is 5.97 Å². The minimum atomic E-state index is -3.04. The molecule has 0 amide bonds. The lowest BCUT2D eigenvalue weighted by molar-refractivity contribution is -0.139. The summed E-state index contributed by atoms with van der Waals surface area (Å²) in [5.74, 6) is -4.16. The Bertz CT molecular complexity index is 354. The van der Waals surface area contributed by atoms with E-state index in [1.807, 2.05) is 0 Å². The van der Waals surface area contributed by atoms with Gasteiger partial charge in [0.25, 0.3) is 5.92 Å². The number of hydrogen-bond acceptors (Lipinski definition) is 2. The van der Waals surface area contributed by atoms with Crippen molar-refractivity contribution in [3.05, 3.63) is 35.9 Å². The average Bonchev–Trinajstić information content (AvgIpc) is 2.16. The van der Waals surface area contributed by atoms with Crippen LogP contribution in [0.3, 0.4) is 0 Å². The molecule has 0 radical (unpaired) electrons. The summed E-state index contributed by atoms with van der Waals surface area (Å²) in [6.07, 6.45) is 0. The van der Waals surface area contributed by atoms with Crippen LogP contribution in [0.1, 0.15) is 5.56 Å². The summed E-state index contributed by atoms with van der Waals surface area (Å²) in [5.41, 5.74) is -0.104. The zero-order valence-electron chi connectivity index (χ0n) is 8.86.